The molecule has 1 rings (SSSR count). The Bertz CT molecular complexity index is 468. The molecule has 0 bridgehead atoms. The van der Waals surface area contributed by atoms with Crippen molar-refractivity contribution in [1.82, 2.24) is 0 Å². The second kappa shape index (κ2) is 11.1. The van der Waals surface area contributed by atoms with Crippen molar-refractivity contribution in [3.05, 3.63) is 23.8 Å². The molecule has 3 nitrogen and oxygen atoms in total. The van der Waals surface area contributed by atoms with Gasteiger partial charge in [-0.25, -0.2) is 0 Å². The van der Waals surface area contributed by atoms with E-state index in [9.17, 15) is 4.79 Å². The molecule has 1 unspecified atom stereocenters. The van der Waals surface area contributed by atoms with Gasteiger partial charge in [0.15, 0.2) is 11.5 Å². The smallest absolute Gasteiger partial charge is 0.161 e. The van der Waals surface area contributed by atoms with Crippen LogP contribution in [0.1, 0.15) is 65.4 Å². The minimum atomic E-state index is 0.357. The van der Waals surface area contributed by atoms with Gasteiger partial charge in [-0.15, -0.1) is 0 Å². The number of carbonyl (C=O) groups excluding carboxylic acids is 1. The van der Waals surface area contributed by atoms with E-state index in [1.54, 1.807) is 0 Å². The molecule has 0 amide bonds. The van der Waals surface area contributed by atoms with E-state index in [4.69, 9.17) is 9.47 Å². The fraction of sp³-hybridized carbons (Fsp3) is 0.650. The summed E-state index contributed by atoms with van der Waals surface area (Å²) in [6.45, 7) is 9.77. The third-order valence-corrected chi connectivity index (χ3v) is 3.62. The average molecular weight is 320 g/mol. The summed E-state index contributed by atoms with van der Waals surface area (Å²) in [6.07, 6.45) is 5.13. The van der Waals surface area contributed by atoms with Gasteiger partial charge in [-0.1, -0.05) is 33.8 Å². The highest BCUT2D eigenvalue weighted by molar-refractivity contribution is 5.78. The number of ether oxygens (including phenoxy) is 2. The Labute approximate surface area is 141 Å². The maximum atomic E-state index is 11.8. The molecule has 1 atom stereocenters. The molecule has 1 aromatic carbocycles. The van der Waals surface area contributed by atoms with E-state index >= 15 is 0 Å². The Morgan fingerprint density at radius 3 is 2.26 bits per heavy atom. The van der Waals surface area contributed by atoms with Crippen LogP contribution >= 0.6 is 0 Å². The standard InChI is InChI=1S/C20H32O3/c1-5-8-18(21)14-16(4)13-17-9-10-19(22-11-6-2)20(15-17)23-12-7-3/h9-10,15-16H,5-8,11-14H2,1-4H3. The summed E-state index contributed by atoms with van der Waals surface area (Å²) in [5.41, 5.74) is 1.21. The molecule has 3 heteroatoms. The lowest BCUT2D eigenvalue weighted by Crippen LogP contribution is -2.08. The summed E-state index contributed by atoms with van der Waals surface area (Å²) >= 11 is 0. The van der Waals surface area contributed by atoms with Crippen LogP contribution in [0.25, 0.3) is 0 Å². The summed E-state index contributed by atoms with van der Waals surface area (Å²) in [7, 11) is 0. The van der Waals surface area contributed by atoms with Crippen LogP contribution in [0.4, 0.5) is 0 Å². The molecule has 0 aliphatic rings. The molecule has 1 aromatic rings. The molecule has 0 radical (unpaired) electrons. The Balaban J connectivity index is 2.72. The van der Waals surface area contributed by atoms with Crippen molar-refractivity contribution in [3.63, 3.8) is 0 Å². The molecule has 0 N–H and O–H groups in total. The van der Waals surface area contributed by atoms with Crippen LogP contribution < -0.4 is 9.47 Å². The van der Waals surface area contributed by atoms with Crippen molar-refractivity contribution in [3.8, 4) is 11.5 Å². The fourth-order valence-electron chi connectivity index (χ4n) is 2.58. The molecule has 0 fully saturated rings. The minimum absolute atomic E-state index is 0.357. The van der Waals surface area contributed by atoms with Crippen LogP contribution in [-0.2, 0) is 11.2 Å². The topological polar surface area (TPSA) is 35.5 Å². The lowest BCUT2D eigenvalue weighted by molar-refractivity contribution is -0.119. The molecule has 0 aliphatic carbocycles. The van der Waals surface area contributed by atoms with Crippen LogP contribution in [0.2, 0.25) is 0 Å². The van der Waals surface area contributed by atoms with Crippen LogP contribution in [0.5, 0.6) is 11.5 Å². The molecule has 0 saturated heterocycles. The van der Waals surface area contributed by atoms with Crippen LogP contribution in [-0.4, -0.2) is 19.0 Å². The van der Waals surface area contributed by atoms with Gasteiger partial charge in [-0.05, 0) is 49.3 Å². The van der Waals surface area contributed by atoms with E-state index in [1.165, 1.54) is 5.56 Å². The van der Waals surface area contributed by atoms with Crippen molar-refractivity contribution >= 4 is 5.78 Å². The number of rotatable bonds is 12. The first-order valence-corrected chi connectivity index (χ1v) is 9.00. The van der Waals surface area contributed by atoms with Gasteiger partial charge in [0.25, 0.3) is 0 Å². The largest absolute Gasteiger partial charge is 0.490 e. The van der Waals surface area contributed by atoms with Crippen LogP contribution in [0.3, 0.4) is 0 Å². The second-order valence-electron chi connectivity index (χ2n) is 6.28. The van der Waals surface area contributed by atoms with Crippen molar-refractivity contribution in [1.29, 1.82) is 0 Å². The second-order valence-corrected chi connectivity index (χ2v) is 6.28. The molecular formula is C20H32O3. The Kier molecular flexibility index (Phi) is 9.42. The first kappa shape index (κ1) is 19.5. The summed E-state index contributed by atoms with van der Waals surface area (Å²) in [6, 6.07) is 6.16. The van der Waals surface area contributed by atoms with Gasteiger partial charge < -0.3 is 9.47 Å². The lowest BCUT2D eigenvalue weighted by Gasteiger charge is -2.15. The minimum Gasteiger partial charge on any atom is -0.490 e. The van der Waals surface area contributed by atoms with Crippen LogP contribution in [0, 0.1) is 5.92 Å². The van der Waals surface area contributed by atoms with Crippen molar-refractivity contribution in [2.24, 2.45) is 5.92 Å². The van der Waals surface area contributed by atoms with Gasteiger partial charge in [-0.2, -0.15) is 0 Å². The highest BCUT2D eigenvalue weighted by atomic mass is 16.5. The SMILES string of the molecule is CCCOc1ccc(CC(C)CC(=O)CCC)cc1OCCC. The van der Waals surface area contributed by atoms with Gasteiger partial charge in [0, 0.05) is 12.8 Å². The zero-order valence-electron chi connectivity index (χ0n) is 15.2. The normalized spacial score (nSPS) is 12.0. The summed E-state index contributed by atoms with van der Waals surface area (Å²) < 4.78 is 11.6. The molecular weight excluding hydrogens is 288 g/mol. The maximum Gasteiger partial charge on any atom is 0.161 e. The first-order valence-electron chi connectivity index (χ1n) is 9.00. The quantitative estimate of drug-likeness (QED) is 0.531. The van der Waals surface area contributed by atoms with Gasteiger partial charge >= 0.3 is 0 Å². The average Bonchev–Trinajstić information content (AvgIpc) is 2.52. The molecule has 23 heavy (non-hydrogen) atoms. The third kappa shape index (κ3) is 7.54. The highest BCUT2D eigenvalue weighted by Gasteiger charge is 2.12. The Morgan fingerprint density at radius 1 is 1.00 bits per heavy atom. The number of hydrogen-bond donors (Lipinski definition) is 0. The molecule has 0 spiro atoms. The van der Waals surface area contributed by atoms with Crippen molar-refractivity contribution in [2.75, 3.05) is 13.2 Å². The van der Waals surface area contributed by atoms with Crippen molar-refractivity contribution < 1.29 is 14.3 Å². The van der Waals surface area contributed by atoms with E-state index in [1.807, 2.05) is 6.07 Å². The van der Waals surface area contributed by atoms with E-state index < -0.39 is 0 Å². The molecule has 0 saturated carbocycles. The van der Waals surface area contributed by atoms with Crippen molar-refractivity contribution in [2.45, 2.75) is 66.2 Å². The molecule has 0 heterocycles. The predicted octanol–water partition coefficient (Wildman–Crippen LogP) is 5.20. The monoisotopic (exact) mass is 320 g/mol. The van der Waals surface area contributed by atoms with E-state index in [-0.39, 0.29) is 0 Å². The fourth-order valence-corrected chi connectivity index (χ4v) is 2.58. The van der Waals surface area contributed by atoms with Gasteiger partial charge in [-0.3, -0.25) is 4.79 Å². The summed E-state index contributed by atoms with van der Waals surface area (Å²) in [5, 5.41) is 0. The maximum absolute atomic E-state index is 11.8. The number of ketones is 1. The molecule has 130 valence electrons. The number of carbonyl (C=O) groups is 1. The van der Waals surface area contributed by atoms with Gasteiger partial charge in [0.1, 0.15) is 5.78 Å². The Hall–Kier alpha value is -1.51. The zero-order chi connectivity index (χ0) is 17.1. The Morgan fingerprint density at radius 2 is 1.65 bits per heavy atom. The molecule has 0 aromatic heterocycles. The summed E-state index contributed by atoms with van der Waals surface area (Å²) in [4.78, 5) is 11.8. The van der Waals surface area contributed by atoms with E-state index in [0.29, 0.717) is 37.8 Å². The molecule has 0 aliphatic heterocycles. The highest BCUT2D eigenvalue weighted by Crippen LogP contribution is 2.30. The van der Waals surface area contributed by atoms with E-state index in [0.717, 1.165) is 37.2 Å². The first-order chi connectivity index (χ1) is 11.1. The zero-order valence-corrected chi connectivity index (χ0v) is 15.2. The van der Waals surface area contributed by atoms with E-state index in [2.05, 4.69) is 39.8 Å². The van der Waals surface area contributed by atoms with Gasteiger partial charge in [0.2, 0.25) is 0 Å². The predicted molar refractivity (Wildman–Crippen MR) is 95.4 cm³/mol. The van der Waals surface area contributed by atoms with Crippen LogP contribution in [0.15, 0.2) is 18.2 Å². The summed E-state index contributed by atoms with van der Waals surface area (Å²) in [5.74, 6) is 2.37. The number of Topliss-reactive ketones (excluding diaryl/α,β-unsaturated/α-hetero) is 1. The van der Waals surface area contributed by atoms with Gasteiger partial charge in [0.05, 0.1) is 13.2 Å². The lowest BCUT2D eigenvalue weighted by atomic mass is 9.94. The third-order valence-electron chi connectivity index (χ3n) is 3.62. The number of hydrogen-bond acceptors (Lipinski definition) is 3. The number of benzene rings is 1.